The molecule has 0 spiro atoms. The van der Waals surface area contributed by atoms with Crippen LogP contribution in [0.25, 0.3) is 0 Å². The molecule has 1 rings (SSSR count). The normalized spacial score (nSPS) is 12.4. The van der Waals surface area contributed by atoms with E-state index in [1.807, 2.05) is 13.8 Å². The molecule has 5 heteroatoms. The number of nitrogens with two attached hydrogens (primary N) is 1. The largest absolute Gasteiger partial charge is 0.323 e. The van der Waals surface area contributed by atoms with Crippen LogP contribution < -0.4 is 5.84 Å². The minimum atomic E-state index is 0.346. The van der Waals surface area contributed by atoms with E-state index in [0.717, 1.165) is 5.71 Å². The fraction of sp³-hybridized carbons (Fsp3) is 0.571. The summed E-state index contributed by atoms with van der Waals surface area (Å²) < 4.78 is 1.70. The van der Waals surface area contributed by atoms with Crippen molar-refractivity contribution in [2.24, 2.45) is 16.9 Å². The molecule has 12 heavy (non-hydrogen) atoms. The van der Waals surface area contributed by atoms with E-state index in [1.165, 1.54) is 6.33 Å². The van der Waals surface area contributed by atoms with Crippen LogP contribution in [0.15, 0.2) is 17.8 Å². The summed E-state index contributed by atoms with van der Waals surface area (Å²) in [5.74, 6) is 5.56. The summed E-state index contributed by atoms with van der Waals surface area (Å²) in [4.78, 5) is 3.82. The van der Waals surface area contributed by atoms with Gasteiger partial charge in [0, 0.05) is 0 Å². The molecule has 1 heterocycles. The number of rotatable bonds is 3. The molecule has 0 saturated carbocycles. The second-order valence-electron chi connectivity index (χ2n) is 2.87. The van der Waals surface area contributed by atoms with Crippen molar-refractivity contribution < 1.29 is 0 Å². The molecule has 0 aromatic carbocycles. The molecule has 0 saturated heterocycles. The van der Waals surface area contributed by atoms with Crippen molar-refractivity contribution in [2.75, 3.05) is 0 Å². The summed E-state index contributed by atoms with van der Waals surface area (Å²) in [5.41, 5.74) is 0.917. The van der Waals surface area contributed by atoms with Gasteiger partial charge in [-0.3, -0.25) is 0 Å². The van der Waals surface area contributed by atoms with Gasteiger partial charge < -0.3 is 5.84 Å². The number of hydrogen-bond donors (Lipinski definition) is 1. The highest BCUT2D eigenvalue weighted by molar-refractivity contribution is 5.85. The second kappa shape index (κ2) is 3.85. The van der Waals surface area contributed by atoms with Gasteiger partial charge >= 0.3 is 0 Å². The molecule has 0 aliphatic carbocycles. The lowest BCUT2D eigenvalue weighted by Gasteiger charge is -2.07. The first-order chi connectivity index (χ1) is 5.74. The van der Waals surface area contributed by atoms with Crippen LogP contribution in [0.5, 0.6) is 0 Å². The molecule has 2 N–H and O–H groups in total. The lowest BCUT2D eigenvalue weighted by atomic mass is 10.1. The van der Waals surface area contributed by atoms with Crippen LogP contribution in [0, 0.1) is 5.92 Å². The van der Waals surface area contributed by atoms with Gasteiger partial charge in [0.2, 0.25) is 0 Å². The van der Waals surface area contributed by atoms with Crippen LogP contribution in [0.1, 0.15) is 13.8 Å². The Balaban J connectivity index is 2.62. The maximum absolute atomic E-state index is 5.22. The molecule has 1 aromatic rings. The van der Waals surface area contributed by atoms with Crippen molar-refractivity contribution in [2.45, 2.75) is 20.4 Å². The van der Waals surface area contributed by atoms with E-state index < -0.39 is 0 Å². The molecule has 0 radical (unpaired) electrons. The Labute approximate surface area is 71.3 Å². The minimum Gasteiger partial charge on any atom is -0.323 e. The lowest BCUT2D eigenvalue weighted by molar-refractivity contribution is 0.688. The van der Waals surface area contributed by atoms with E-state index in [1.54, 1.807) is 11.0 Å². The summed E-state index contributed by atoms with van der Waals surface area (Å²) in [6.45, 7) is 4.71. The topological polar surface area (TPSA) is 69.1 Å². The van der Waals surface area contributed by atoms with E-state index in [4.69, 9.17) is 5.84 Å². The SMILES string of the molecule is CC(C)/C(Cn1cncn1)=N\N. The van der Waals surface area contributed by atoms with Gasteiger partial charge in [-0.15, -0.1) is 0 Å². The van der Waals surface area contributed by atoms with Crippen LogP contribution in [-0.2, 0) is 6.54 Å². The highest BCUT2D eigenvalue weighted by atomic mass is 15.3. The summed E-state index contributed by atoms with van der Waals surface area (Å²) in [6, 6.07) is 0. The summed E-state index contributed by atoms with van der Waals surface area (Å²) in [7, 11) is 0. The molecule has 0 bridgehead atoms. The average molecular weight is 167 g/mol. The molecule has 66 valence electrons. The zero-order valence-corrected chi connectivity index (χ0v) is 7.31. The van der Waals surface area contributed by atoms with E-state index in [0.29, 0.717) is 12.5 Å². The highest BCUT2D eigenvalue weighted by Crippen LogP contribution is 1.98. The molecule has 1 aromatic heterocycles. The first-order valence-electron chi connectivity index (χ1n) is 3.83. The Morgan fingerprint density at radius 2 is 2.42 bits per heavy atom. The van der Waals surface area contributed by atoms with Crippen LogP contribution in [0.3, 0.4) is 0 Å². The van der Waals surface area contributed by atoms with E-state index in [9.17, 15) is 0 Å². The van der Waals surface area contributed by atoms with Crippen molar-refractivity contribution in [3.05, 3.63) is 12.7 Å². The third kappa shape index (κ3) is 2.05. The number of nitrogens with zero attached hydrogens (tertiary/aromatic N) is 4. The number of hydrogen-bond acceptors (Lipinski definition) is 4. The van der Waals surface area contributed by atoms with Gasteiger partial charge in [-0.2, -0.15) is 10.2 Å². The van der Waals surface area contributed by atoms with Crippen molar-refractivity contribution >= 4 is 5.71 Å². The fourth-order valence-corrected chi connectivity index (χ4v) is 0.853. The van der Waals surface area contributed by atoms with Gasteiger partial charge in [0.1, 0.15) is 12.7 Å². The van der Waals surface area contributed by atoms with Crippen LogP contribution in [-0.4, -0.2) is 20.5 Å². The average Bonchev–Trinajstić information content (AvgIpc) is 2.51. The Kier molecular flexibility index (Phi) is 2.79. The smallest absolute Gasteiger partial charge is 0.137 e. The van der Waals surface area contributed by atoms with E-state index >= 15 is 0 Å². The van der Waals surface area contributed by atoms with Gasteiger partial charge in [0.15, 0.2) is 0 Å². The maximum Gasteiger partial charge on any atom is 0.137 e. The summed E-state index contributed by atoms with van der Waals surface area (Å²) in [6.07, 6.45) is 3.14. The molecular weight excluding hydrogens is 154 g/mol. The quantitative estimate of drug-likeness (QED) is 0.398. The van der Waals surface area contributed by atoms with E-state index in [2.05, 4.69) is 15.2 Å². The molecule has 0 atom stereocenters. The van der Waals surface area contributed by atoms with Crippen LogP contribution in [0.4, 0.5) is 0 Å². The standard InChI is InChI=1S/C7H13N5/c1-6(2)7(11-8)3-12-5-9-4-10-12/h4-6H,3,8H2,1-2H3/b11-7-. The summed E-state index contributed by atoms with van der Waals surface area (Å²) in [5, 5.41) is 7.65. The fourth-order valence-electron chi connectivity index (χ4n) is 0.853. The predicted octanol–water partition coefficient (Wildman–Crippen LogP) is 0.249. The zero-order chi connectivity index (χ0) is 8.97. The number of hydrazone groups is 1. The first kappa shape index (κ1) is 8.70. The van der Waals surface area contributed by atoms with Gasteiger partial charge in [-0.05, 0) is 5.92 Å². The Hall–Kier alpha value is -1.39. The van der Waals surface area contributed by atoms with Gasteiger partial charge in [-0.25, -0.2) is 9.67 Å². The van der Waals surface area contributed by atoms with Crippen LogP contribution >= 0.6 is 0 Å². The third-order valence-corrected chi connectivity index (χ3v) is 1.62. The van der Waals surface area contributed by atoms with Gasteiger partial charge in [0.05, 0.1) is 12.3 Å². The molecule has 5 nitrogen and oxygen atoms in total. The highest BCUT2D eigenvalue weighted by Gasteiger charge is 2.05. The molecule has 0 aliphatic heterocycles. The first-order valence-corrected chi connectivity index (χ1v) is 3.83. The van der Waals surface area contributed by atoms with E-state index in [-0.39, 0.29) is 0 Å². The second-order valence-corrected chi connectivity index (χ2v) is 2.87. The Bertz CT molecular complexity index is 249. The molecular formula is C7H13N5. The third-order valence-electron chi connectivity index (χ3n) is 1.62. The summed E-state index contributed by atoms with van der Waals surface area (Å²) >= 11 is 0. The number of aromatic nitrogens is 3. The minimum absolute atomic E-state index is 0.346. The van der Waals surface area contributed by atoms with Gasteiger partial charge in [-0.1, -0.05) is 13.8 Å². The zero-order valence-electron chi connectivity index (χ0n) is 7.31. The molecule has 0 fully saturated rings. The Morgan fingerprint density at radius 3 is 2.83 bits per heavy atom. The predicted molar refractivity (Wildman–Crippen MR) is 46.5 cm³/mol. The molecule has 0 unspecified atom stereocenters. The maximum atomic E-state index is 5.22. The van der Waals surface area contributed by atoms with Gasteiger partial charge in [0.25, 0.3) is 0 Å². The molecule has 0 amide bonds. The molecule has 0 aliphatic rings. The lowest BCUT2D eigenvalue weighted by Crippen LogP contribution is -2.18. The van der Waals surface area contributed by atoms with Crippen molar-refractivity contribution in [1.82, 2.24) is 14.8 Å². The monoisotopic (exact) mass is 167 g/mol. The van der Waals surface area contributed by atoms with Crippen molar-refractivity contribution in [3.63, 3.8) is 0 Å². The Morgan fingerprint density at radius 1 is 1.67 bits per heavy atom. The van der Waals surface area contributed by atoms with Crippen LogP contribution in [0.2, 0.25) is 0 Å². The van der Waals surface area contributed by atoms with Crippen molar-refractivity contribution in [3.8, 4) is 0 Å². The van der Waals surface area contributed by atoms with Crippen molar-refractivity contribution in [1.29, 1.82) is 0 Å².